The van der Waals surface area contributed by atoms with E-state index in [-0.39, 0.29) is 0 Å². The topological polar surface area (TPSA) is 38.4 Å². The Bertz CT molecular complexity index is 145. The molecular formula is C6H10N2. The van der Waals surface area contributed by atoms with Gasteiger partial charge < -0.3 is 5.73 Å². The number of nitrogens with zero attached hydrogens (tertiary/aromatic N) is 1. The van der Waals surface area contributed by atoms with E-state index in [0.29, 0.717) is 0 Å². The summed E-state index contributed by atoms with van der Waals surface area (Å²) < 4.78 is 0. The Kier molecular flexibility index (Phi) is 1.33. The van der Waals surface area contributed by atoms with Gasteiger partial charge in [0.2, 0.25) is 0 Å². The first-order chi connectivity index (χ1) is 3.80. The molecule has 2 N–H and O–H groups in total. The minimum Gasteiger partial charge on any atom is -0.401 e. The molecule has 0 spiro atoms. The van der Waals surface area contributed by atoms with E-state index in [1.165, 1.54) is 0 Å². The Labute approximate surface area is 49.1 Å². The van der Waals surface area contributed by atoms with Crippen molar-refractivity contribution in [3.63, 3.8) is 0 Å². The molecule has 1 aliphatic rings. The zero-order chi connectivity index (χ0) is 5.98. The van der Waals surface area contributed by atoms with Crippen molar-refractivity contribution in [3.8, 4) is 0 Å². The van der Waals surface area contributed by atoms with Gasteiger partial charge in [-0.25, -0.2) is 0 Å². The molecule has 0 bridgehead atoms. The molecule has 0 unspecified atom stereocenters. The summed E-state index contributed by atoms with van der Waals surface area (Å²) in [6.45, 7) is 1.94. The van der Waals surface area contributed by atoms with E-state index in [0.717, 1.165) is 24.2 Å². The van der Waals surface area contributed by atoms with Crippen LogP contribution < -0.4 is 5.73 Å². The lowest BCUT2D eigenvalue weighted by molar-refractivity contribution is 0.935. The van der Waals surface area contributed by atoms with Crippen LogP contribution in [0.15, 0.2) is 16.4 Å². The largest absolute Gasteiger partial charge is 0.401 e. The summed E-state index contributed by atoms with van der Waals surface area (Å²) in [4.78, 5) is 4.04. The van der Waals surface area contributed by atoms with Gasteiger partial charge in [0.25, 0.3) is 0 Å². The van der Waals surface area contributed by atoms with Gasteiger partial charge in [-0.2, -0.15) is 0 Å². The maximum Gasteiger partial charge on any atom is 0.0555 e. The molecule has 0 saturated carbocycles. The lowest BCUT2D eigenvalue weighted by atomic mass is 10.2. The number of hydrogen-bond donors (Lipinski definition) is 1. The Hall–Kier alpha value is -0.790. The maximum atomic E-state index is 5.54. The van der Waals surface area contributed by atoms with Gasteiger partial charge in [-0.1, -0.05) is 0 Å². The molecule has 0 amide bonds. The van der Waals surface area contributed by atoms with Crippen LogP contribution in [0.4, 0.5) is 0 Å². The van der Waals surface area contributed by atoms with Gasteiger partial charge in [0.05, 0.1) is 5.70 Å². The van der Waals surface area contributed by atoms with Crippen LogP contribution in [0.1, 0.15) is 19.8 Å². The van der Waals surface area contributed by atoms with E-state index < -0.39 is 0 Å². The Morgan fingerprint density at radius 1 is 1.75 bits per heavy atom. The third-order valence-corrected chi connectivity index (χ3v) is 1.29. The number of aliphatic imine (C=N–C) groups is 1. The van der Waals surface area contributed by atoms with Gasteiger partial charge in [-0.3, -0.25) is 4.99 Å². The molecule has 2 nitrogen and oxygen atoms in total. The zero-order valence-corrected chi connectivity index (χ0v) is 5.02. The van der Waals surface area contributed by atoms with Crippen molar-refractivity contribution in [3.05, 3.63) is 11.4 Å². The molecule has 2 heteroatoms. The van der Waals surface area contributed by atoms with Crippen LogP contribution in [0, 0.1) is 0 Å². The van der Waals surface area contributed by atoms with Crippen LogP contribution >= 0.6 is 0 Å². The summed E-state index contributed by atoms with van der Waals surface area (Å²) in [5.74, 6) is 0. The van der Waals surface area contributed by atoms with Crippen molar-refractivity contribution >= 4 is 6.21 Å². The van der Waals surface area contributed by atoms with Crippen LogP contribution in [0.3, 0.4) is 0 Å². The molecule has 8 heavy (non-hydrogen) atoms. The molecule has 0 aromatic heterocycles. The van der Waals surface area contributed by atoms with Crippen molar-refractivity contribution in [1.29, 1.82) is 0 Å². The normalized spacial score (nSPS) is 19.6. The highest BCUT2D eigenvalue weighted by Crippen LogP contribution is 2.09. The predicted molar refractivity (Wildman–Crippen MR) is 34.6 cm³/mol. The maximum absolute atomic E-state index is 5.54. The van der Waals surface area contributed by atoms with Crippen molar-refractivity contribution in [2.45, 2.75) is 19.8 Å². The second kappa shape index (κ2) is 1.99. The summed E-state index contributed by atoms with van der Waals surface area (Å²) in [5.41, 5.74) is 7.46. The molecular weight excluding hydrogens is 100 g/mol. The minimum atomic E-state index is 0.938. The monoisotopic (exact) mass is 110 g/mol. The molecule has 0 aliphatic carbocycles. The van der Waals surface area contributed by atoms with Crippen molar-refractivity contribution in [1.82, 2.24) is 0 Å². The molecule has 44 valence electrons. The lowest BCUT2D eigenvalue weighted by Crippen LogP contribution is -2.03. The van der Waals surface area contributed by atoms with Crippen LogP contribution in [0.5, 0.6) is 0 Å². The Balaban J connectivity index is 2.76. The minimum absolute atomic E-state index is 0.938. The predicted octanol–water partition coefficient (Wildman–Crippen LogP) is 1.04. The van der Waals surface area contributed by atoms with Crippen LogP contribution in [0.2, 0.25) is 0 Å². The van der Waals surface area contributed by atoms with E-state index in [1.807, 2.05) is 13.1 Å². The quantitative estimate of drug-likeness (QED) is 0.497. The van der Waals surface area contributed by atoms with E-state index in [2.05, 4.69) is 4.99 Å². The number of allylic oxidation sites excluding steroid dienone is 2. The third kappa shape index (κ3) is 0.886. The molecule has 0 radical (unpaired) electrons. The number of nitrogens with two attached hydrogens (primary N) is 1. The lowest BCUT2D eigenvalue weighted by Gasteiger charge is -2.05. The van der Waals surface area contributed by atoms with Crippen molar-refractivity contribution < 1.29 is 0 Å². The highest BCUT2D eigenvalue weighted by Gasteiger charge is 1.98. The molecule has 1 rings (SSSR count). The molecule has 0 atom stereocenters. The summed E-state index contributed by atoms with van der Waals surface area (Å²) >= 11 is 0. The highest BCUT2D eigenvalue weighted by atomic mass is 14.8. The van der Waals surface area contributed by atoms with Crippen LogP contribution in [-0.4, -0.2) is 6.21 Å². The second-order valence-corrected chi connectivity index (χ2v) is 1.96. The smallest absolute Gasteiger partial charge is 0.0555 e. The number of rotatable bonds is 0. The van der Waals surface area contributed by atoms with E-state index in [9.17, 15) is 0 Å². The summed E-state index contributed by atoms with van der Waals surface area (Å²) in [6, 6.07) is 0. The van der Waals surface area contributed by atoms with E-state index >= 15 is 0 Å². The summed E-state index contributed by atoms with van der Waals surface area (Å²) in [7, 11) is 0. The SMILES string of the molecule is CC1=C(N)CCC=N1. The van der Waals surface area contributed by atoms with Gasteiger partial charge in [0.15, 0.2) is 0 Å². The van der Waals surface area contributed by atoms with Crippen molar-refractivity contribution in [2.75, 3.05) is 0 Å². The molecule has 0 aromatic rings. The van der Waals surface area contributed by atoms with Gasteiger partial charge in [0.1, 0.15) is 0 Å². The molecule has 1 aliphatic heterocycles. The summed E-state index contributed by atoms with van der Waals surface area (Å²) in [5, 5.41) is 0. The molecule has 0 aromatic carbocycles. The fourth-order valence-electron chi connectivity index (χ4n) is 0.685. The van der Waals surface area contributed by atoms with E-state index in [1.54, 1.807) is 0 Å². The van der Waals surface area contributed by atoms with Crippen LogP contribution in [-0.2, 0) is 0 Å². The Morgan fingerprint density at radius 2 is 2.50 bits per heavy atom. The molecule has 0 fully saturated rings. The third-order valence-electron chi connectivity index (χ3n) is 1.29. The Morgan fingerprint density at radius 3 is 2.88 bits per heavy atom. The average Bonchev–Trinajstić information content (AvgIpc) is 1.77. The highest BCUT2D eigenvalue weighted by molar-refractivity contribution is 5.61. The molecule has 0 saturated heterocycles. The second-order valence-electron chi connectivity index (χ2n) is 1.96. The van der Waals surface area contributed by atoms with Gasteiger partial charge in [-0.05, 0) is 19.8 Å². The standard InChI is InChI=1S/C6H10N2/c1-5-6(7)3-2-4-8-5/h4H,2-3,7H2,1H3. The van der Waals surface area contributed by atoms with Crippen molar-refractivity contribution in [2.24, 2.45) is 10.7 Å². The zero-order valence-electron chi connectivity index (χ0n) is 5.02. The first-order valence-corrected chi connectivity index (χ1v) is 2.78. The average molecular weight is 110 g/mol. The van der Waals surface area contributed by atoms with Gasteiger partial charge in [0, 0.05) is 11.9 Å². The fourth-order valence-corrected chi connectivity index (χ4v) is 0.685. The van der Waals surface area contributed by atoms with Gasteiger partial charge in [-0.15, -0.1) is 0 Å². The van der Waals surface area contributed by atoms with E-state index in [4.69, 9.17) is 5.73 Å². The van der Waals surface area contributed by atoms with Crippen LogP contribution in [0.25, 0.3) is 0 Å². The van der Waals surface area contributed by atoms with Gasteiger partial charge >= 0.3 is 0 Å². The number of hydrogen-bond acceptors (Lipinski definition) is 2. The fraction of sp³-hybridized carbons (Fsp3) is 0.500. The first kappa shape index (κ1) is 5.35. The molecule has 1 heterocycles. The first-order valence-electron chi connectivity index (χ1n) is 2.78. The summed E-state index contributed by atoms with van der Waals surface area (Å²) in [6.07, 6.45) is 3.89.